The summed E-state index contributed by atoms with van der Waals surface area (Å²) in [6, 6.07) is 22.5. The van der Waals surface area contributed by atoms with Crippen molar-refractivity contribution in [2.45, 2.75) is 6.61 Å². The van der Waals surface area contributed by atoms with Crippen LogP contribution in [0, 0.1) is 11.3 Å². The van der Waals surface area contributed by atoms with Crippen LogP contribution in [0.15, 0.2) is 66.7 Å². The zero-order chi connectivity index (χ0) is 19.9. The highest BCUT2D eigenvalue weighted by atomic mass is 35.5. The number of nitrogens with zero attached hydrogens (tertiary/aromatic N) is 1. The summed E-state index contributed by atoms with van der Waals surface area (Å²) >= 11 is 12.1. The molecule has 3 rings (SSSR count). The molecule has 0 radical (unpaired) electrons. The molecule has 0 spiro atoms. The Kier molecular flexibility index (Phi) is 6.60. The first-order valence-electron chi connectivity index (χ1n) is 8.52. The van der Waals surface area contributed by atoms with Crippen molar-refractivity contribution in [1.82, 2.24) is 0 Å². The lowest BCUT2D eigenvalue weighted by Crippen LogP contribution is -1.96. The van der Waals surface area contributed by atoms with Gasteiger partial charge in [0.15, 0.2) is 0 Å². The van der Waals surface area contributed by atoms with Crippen LogP contribution >= 0.6 is 23.2 Å². The van der Waals surface area contributed by atoms with Crippen molar-refractivity contribution in [2.24, 2.45) is 0 Å². The van der Waals surface area contributed by atoms with Crippen LogP contribution in [-0.2, 0) is 6.61 Å². The molecule has 0 fully saturated rings. The molecular weight excluding hydrogens is 393 g/mol. The maximum atomic E-state index is 9.48. The fourth-order valence-electron chi connectivity index (χ4n) is 2.58. The van der Waals surface area contributed by atoms with Crippen molar-refractivity contribution in [3.8, 4) is 17.6 Å². The third-order valence-corrected chi connectivity index (χ3v) is 4.71. The number of hydrogen-bond acceptors (Lipinski definition) is 3. The van der Waals surface area contributed by atoms with Gasteiger partial charge >= 0.3 is 0 Å². The van der Waals surface area contributed by atoms with E-state index in [9.17, 15) is 5.26 Å². The SMILES string of the molecule is COc1ccc(/C(C#N)=C/c2ccc(OCc3ccc(Cl)cc3Cl)cc2)cc1. The molecule has 0 unspecified atom stereocenters. The van der Waals surface area contributed by atoms with E-state index in [2.05, 4.69) is 6.07 Å². The van der Waals surface area contributed by atoms with E-state index in [0.29, 0.717) is 28.0 Å². The number of benzene rings is 3. The van der Waals surface area contributed by atoms with Gasteiger partial charge < -0.3 is 9.47 Å². The van der Waals surface area contributed by atoms with Crippen LogP contribution in [0.3, 0.4) is 0 Å². The van der Waals surface area contributed by atoms with E-state index in [1.165, 1.54) is 0 Å². The number of allylic oxidation sites excluding steroid dienone is 1. The van der Waals surface area contributed by atoms with E-state index >= 15 is 0 Å². The second kappa shape index (κ2) is 9.32. The van der Waals surface area contributed by atoms with Crippen molar-refractivity contribution in [3.05, 3.63) is 93.5 Å². The van der Waals surface area contributed by atoms with Gasteiger partial charge in [0.2, 0.25) is 0 Å². The predicted octanol–water partition coefficient (Wildman–Crippen LogP) is 6.65. The van der Waals surface area contributed by atoms with E-state index in [1.807, 2.05) is 60.7 Å². The summed E-state index contributed by atoms with van der Waals surface area (Å²) in [6.45, 7) is 0.348. The predicted molar refractivity (Wildman–Crippen MR) is 114 cm³/mol. The average Bonchev–Trinajstić information content (AvgIpc) is 2.72. The fraction of sp³-hybridized carbons (Fsp3) is 0.0870. The Morgan fingerprint density at radius 1 is 0.964 bits per heavy atom. The van der Waals surface area contributed by atoms with E-state index in [1.54, 1.807) is 19.2 Å². The molecule has 0 heterocycles. The van der Waals surface area contributed by atoms with Crippen LogP contribution < -0.4 is 9.47 Å². The quantitative estimate of drug-likeness (QED) is 0.338. The largest absolute Gasteiger partial charge is 0.497 e. The van der Waals surface area contributed by atoms with E-state index < -0.39 is 0 Å². The Morgan fingerprint density at radius 2 is 1.64 bits per heavy atom. The summed E-state index contributed by atoms with van der Waals surface area (Å²) < 4.78 is 10.9. The third kappa shape index (κ3) is 5.07. The van der Waals surface area contributed by atoms with Crippen molar-refractivity contribution < 1.29 is 9.47 Å². The van der Waals surface area contributed by atoms with E-state index in [-0.39, 0.29) is 0 Å². The van der Waals surface area contributed by atoms with Gasteiger partial charge in [0.1, 0.15) is 18.1 Å². The highest BCUT2D eigenvalue weighted by molar-refractivity contribution is 6.35. The molecule has 0 N–H and O–H groups in total. The molecule has 3 nitrogen and oxygen atoms in total. The minimum absolute atomic E-state index is 0.348. The second-order valence-electron chi connectivity index (χ2n) is 5.99. The lowest BCUT2D eigenvalue weighted by Gasteiger charge is -2.08. The number of methoxy groups -OCH3 is 1. The Balaban J connectivity index is 1.70. The molecule has 0 aliphatic heterocycles. The molecule has 140 valence electrons. The van der Waals surface area contributed by atoms with Gasteiger partial charge in [-0.15, -0.1) is 0 Å². The van der Waals surface area contributed by atoms with Crippen molar-refractivity contribution >= 4 is 34.9 Å². The molecule has 28 heavy (non-hydrogen) atoms. The summed E-state index contributed by atoms with van der Waals surface area (Å²) in [5.41, 5.74) is 3.18. The normalized spacial score (nSPS) is 11.0. The molecule has 0 bridgehead atoms. The van der Waals surface area contributed by atoms with Crippen molar-refractivity contribution in [2.75, 3.05) is 7.11 Å². The second-order valence-corrected chi connectivity index (χ2v) is 6.84. The molecule has 0 amide bonds. The van der Waals surface area contributed by atoms with Crippen LogP contribution in [0.2, 0.25) is 10.0 Å². The summed E-state index contributed by atoms with van der Waals surface area (Å²) in [5, 5.41) is 10.6. The zero-order valence-electron chi connectivity index (χ0n) is 15.2. The number of hydrogen-bond donors (Lipinski definition) is 0. The molecule has 0 aliphatic carbocycles. The maximum Gasteiger partial charge on any atom is 0.119 e. The van der Waals surface area contributed by atoms with Crippen LogP contribution in [0.4, 0.5) is 0 Å². The summed E-state index contributed by atoms with van der Waals surface area (Å²) in [4.78, 5) is 0. The molecule has 3 aromatic carbocycles. The average molecular weight is 410 g/mol. The summed E-state index contributed by atoms with van der Waals surface area (Å²) in [5.74, 6) is 1.47. The highest BCUT2D eigenvalue weighted by Gasteiger charge is 2.04. The number of halogens is 2. The molecule has 0 saturated carbocycles. The zero-order valence-corrected chi connectivity index (χ0v) is 16.7. The first-order valence-corrected chi connectivity index (χ1v) is 9.27. The van der Waals surface area contributed by atoms with Gasteiger partial charge in [0, 0.05) is 15.6 Å². The molecule has 0 saturated heterocycles. The fourth-order valence-corrected chi connectivity index (χ4v) is 3.04. The first-order chi connectivity index (χ1) is 13.6. The topological polar surface area (TPSA) is 42.2 Å². The standard InChI is InChI=1S/C23H17Cl2NO2/c1-27-21-10-5-17(6-11-21)19(14-26)12-16-2-8-22(9-3-16)28-15-18-4-7-20(24)13-23(18)25/h2-13H,15H2,1H3/b19-12+. The molecule has 3 aromatic rings. The van der Waals surface area contributed by atoms with Gasteiger partial charge in [0.05, 0.1) is 18.8 Å². The summed E-state index contributed by atoms with van der Waals surface area (Å²) in [6.07, 6.45) is 1.83. The highest BCUT2D eigenvalue weighted by Crippen LogP contribution is 2.24. The lowest BCUT2D eigenvalue weighted by molar-refractivity contribution is 0.306. The molecular formula is C23H17Cl2NO2. The van der Waals surface area contributed by atoms with E-state index in [0.717, 1.165) is 22.4 Å². The van der Waals surface area contributed by atoms with Gasteiger partial charge in [-0.1, -0.05) is 41.4 Å². The first kappa shape index (κ1) is 19.8. The molecule has 0 aliphatic rings. The van der Waals surface area contributed by atoms with Crippen molar-refractivity contribution in [3.63, 3.8) is 0 Å². The maximum absolute atomic E-state index is 9.48. The van der Waals surface area contributed by atoms with Crippen LogP contribution in [0.25, 0.3) is 11.6 Å². The van der Waals surface area contributed by atoms with Crippen molar-refractivity contribution in [1.29, 1.82) is 5.26 Å². The van der Waals surface area contributed by atoms with Gasteiger partial charge in [0.25, 0.3) is 0 Å². The Morgan fingerprint density at radius 3 is 2.25 bits per heavy atom. The molecule has 5 heteroatoms. The van der Waals surface area contributed by atoms with Crippen LogP contribution in [-0.4, -0.2) is 7.11 Å². The number of rotatable bonds is 6. The Hall–Kier alpha value is -2.93. The van der Waals surface area contributed by atoms with Gasteiger partial charge in [-0.3, -0.25) is 0 Å². The van der Waals surface area contributed by atoms with Gasteiger partial charge in [-0.25, -0.2) is 0 Å². The smallest absolute Gasteiger partial charge is 0.119 e. The van der Waals surface area contributed by atoms with Gasteiger partial charge in [-0.05, 0) is 65.7 Å². The Labute approximate surface area is 174 Å². The minimum Gasteiger partial charge on any atom is -0.497 e. The number of nitriles is 1. The minimum atomic E-state index is 0.348. The third-order valence-electron chi connectivity index (χ3n) is 4.12. The van der Waals surface area contributed by atoms with Crippen LogP contribution in [0.5, 0.6) is 11.5 Å². The molecule has 0 atom stereocenters. The summed E-state index contributed by atoms with van der Waals surface area (Å²) in [7, 11) is 1.61. The monoisotopic (exact) mass is 409 g/mol. The Bertz CT molecular complexity index is 1020. The number of ether oxygens (including phenoxy) is 2. The lowest BCUT2D eigenvalue weighted by atomic mass is 10.0. The van der Waals surface area contributed by atoms with Gasteiger partial charge in [-0.2, -0.15) is 5.26 Å². The van der Waals surface area contributed by atoms with Crippen LogP contribution in [0.1, 0.15) is 16.7 Å². The van der Waals surface area contributed by atoms with E-state index in [4.69, 9.17) is 32.7 Å². The molecule has 0 aromatic heterocycles.